The van der Waals surface area contributed by atoms with Crippen molar-refractivity contribution in [1.82, 2.24) is 4.31 Å². The molecule has 0 N–H and O–H groups in total. The zero-order valence-electron chi connectivity index (χ0n) is 11.1. The largest absolute Gasteiger partial charge is 0.214 e. The van der Waals surface area contributed by atoms with Gasteiger partial charge < -0.3 is 0 Å². The lowest BCUT2D eigenvalue weighted by Crippen LogP contribution is -2.46. The maximum absolute atomic E-state index is 12.3. The molecule has 102 valence electrons. The Morgan fingerprint density at radius 1 is 1.29 bits per heavy atom. The number of hydrogen-bond donors (Lipinski definition) is 0. The maximum Gasteiger partial charge on any atom is 0.214 e. The van der Waals surface area contributed by atoms with Crippen LogP contribution in [0.25, 0.3) is 0 Å². The number of rotatable bonds is 6. The monoisotopic (exact) mass is 281 g/mol. The lowest BCUT2D eigenvalue weighted by molar-refractivity contribution is 0.226. The molecule has 1 aliphatic carbocycles. The average Bonchev–Trinajstić information content (AvgIpc) is 2.10. The Bertz CT molecular complexity index is 331. The van der Waals surface area contributed by atoms with E-state index in [1.807, 2.05) is 0 Å². The summed E-state index contributed by atoms with van der Waals surface area (Å²) in [6.07, 6.45) is 3.82. The van der Waals surface area contributed by atoms with E-state index >= 15 is 0 Å². The van der Waals surface area contributed by atoms with Crippen LogP contribution in [0.1, 0.15) is 46.5 Å². The van der Waals surface area contributed by atoms with E-state index in [9.17, 15) is 8.42 Å². The molecule has 17 heavy (non-hydrogen) atoms. The Labute approximate surface area is 111 Å². The fourth-order valence-corrected chi connectivity index (χ4v) is 4.28. The van der Waals surface area contributed by atoms with Crippen LogP contribution in [0.15, 0.2) is 0 Å². The van der Waals surface area contributed by atoms with Crippen LogP contribution in [0, 0.1) is 5.41 Å². The molecule has 1 fully saturated rings. The van der Waals surface area contributed by atoms with Gasteiger partial charge in [-0.25, -0.2) is 8.42 Å². The third-order valence-electron chi connectivity index (χ3n) is 3.25. The van der Waals surface area contributed by atoms with E-state index in [4.69, 9.17) is 11.6 Å². The van der Waals surface area contributed by atoms with E-state index < -0.39 is 10.0 Å². The Hall–Kier alpha value is 0.200. The van der Waals surface area contributed by atoms with Crippen molar-refractivity contribution >= 4 is 21.6 Å². The second-order valence-corrected chi connectivity index (χ2v) is 8.43. The standard InChI is InChI=1S/C12H24ClNO2S/c1-12(2,3)7-10-17(15,16)14(9-8-13)11-5-4-6-11/h11H,4-10H2,1-3H3. The first kappa shape index (κ1) is 15.3. The van der Waals surface area contributed by atoms with Crippen LogP contribution in [0.4, 0.5) is 0 Å². The lowest BCUT2D eigenvalue weighted by Gasteiger charge is -2.36. The van der Waals surface area contributed by atoms with Crippen LogP contribution >= 0.6 is 11.6 Å². The van der Waals surface area contributed by atoms with Crippen LogP contribution in [0.2, 0.25) is 0 Å². The molecule has 1 saturated carbocycles. The van der Waals surface area contributed by atoms with Crippen molar-refractivity contribution < 1.29 is 8.42 Å². The second kappa shape index (κ2) is 5.89. The number of alkyl halides is 1. The van der Waals surface area contributed by atoms with E-state index in [-0.39, 0.29) is 17.2 Å². The van der Waals surface area contributed by atoms with E-state index in [2.05, 4.69) is 20.8 Å². The summed E-state index contributed by atoms with van der Waals surface area (Å²) in [5.74, 6) is 0.620. The van der Waals surface area contributed by atoms with Crippen LogP contribution in [-0.4, -0.2) is 36.9 Å². The van der Waals surface area contributed by atoms with Gasteiger partial charge in [0.25, 0.3) is 0 Å². The number of halogens is 1. The van der Waals surface area contributed by atoms with Crippen molar-refractivity contribution in [2.75, 3.05) is 18.2 Å². The Morgan fingerprint density at radius 2 is 1.88 bits per heavy atom. The topological polar surface area (TPSA) is 37.4 Å². The van der Waals surface area contributed by atoms with Gasteiger partial charge in [0, 0.05) is 18.5 Å². The summed E-state index contributed by atoms with van der Waals surface area (Å²) >= 11 is 5.71. The highest BCUT2D eigenvalue weighted by Crippen LogP contribution is 2.28. The molecule has 0 aromatic heterocycles. The first-order valence-electron chi connectivity index (χ1n) is 6.32. The molecular formula is C12H24ClNO2S. The maximum atomic E-state index is 12.3. The number of hydrogen-bond acceptors (Lipinski definition) is 2. The van der Waals surface area contributed by atoms with Crippen molar-refractivity contribution in [2.24, 2.45) is 5.41 Å². The molecule has 0 saturated heterocycles. The molecule has 0 bridgehead atoms. The van der Waals surface area contributed by atoms with Gasteiger partial charge in [-0.05, 0) is 24.7 Å². The molecule has 0 aromatic rings. The molecule has 1 aliphatic rings. The molecule has 0 aromatic carbocycles. The molecular weight excluding hydrogens is 258 g/mol. The van der Waals surface area contributed by atoms with Crippen LogP contribution in [0.3, 0.4) is 0 Å². The average molecular weight is 282 g/mol. The minimum atomic E-state index is -3.13. The highest BCUT2D eigenvalue weighted by molar-refractivity contribution is 7.89. The normalized spacial score (nSPS) is 18.4. The van der Waals surface area contributed by atoms with E-state index in [1.165, 1.54) is 0 Å². The SMILES string of the molecule is CC(C)(C)CCS(=O)(=O)N(CCCl)C1CCC1. The number of nitrogens with zero attached hydrogens (tertiary/aromatic N) is 1. The molecule has 0 amide bonds. The van der Waals surface area contributed by atoms with Gasteiger partial charge in [0.15, 0.2) is 0 Å². The van der Waals surface area contributed by atoms with Gasteiger partial charge in [-0.15, -0.1) is 11.6 Å². The minimum Gasteiger partial charge on any atom is -0.212 e. The van der Waals surface area contributed by atoms with Crippen molar-refractivity contribution in [3.8, 4) is 0 Å². The quantitative estimate of drug-likeness (QED) is 0.702. The van der Waals surface area contributed by atoms with Gasteiger partial charge in [-0.1, -0.05) is 27.2 Å². The molecule has 5 heteroatoms. The first-order chi connectivity index (χ1) is 7.76. The van der Waals surface area contributed by atoms with Gasteiger partial charge >= 0.3 is 0 Å². The Balaban J connectivity index is 2.63. The highest BCUT2D eigenvalue weighted by atomic mass is 35.5. The Kier molecular flexibility index (Phi) is 5.29. The third-order valence-corrected chi connectivity index (χ3v) is 5.34. The van der Waals surface area contributed by atoms with Crippen LogP contribution in [0.5, 0.6) is 0 Å². The summed E-state index contributed by atoms with van der Waals surface area (Å²) in [6, 6.07) is 0.207. The molecule has 0 atom stereocenters. The molecule has 0 radical (unpaired) electrons. The molecule has 0 spiro atoms. The molecule has 3 nitrogen and oxygen atoms in total. The van der Waals surface area contributed by atoms with Gasteiger partial charge in [0.05, 0.1) is 5.75 Å². The third kappa shape index (κ3) is 4.76. The van der Waals surface area contributed by atoms with E-state index in [0.717, 1.165) is 19.3 Å². The molecule has 0 heterocycles. The summed E-state index contributed by atoms with van der Waals surface area (Å²) in [7, 11) is -3.13. The van der Waals surface area contributed by atoms with Crippen molar-refractivity contribution in [3.63, 3.8) is 0 Å². The van der Waals surface area contributed by atoms with Crippen LogP contribution in [-0.2, 0) is 10.0 Å². The lowest BCUT2D eigenvalue weighted by atomic mass is 9.93. The molecule has 1 rings (SSSR count). The summed E-state index contributed by atoms with van der Waals surface area (Å²) in [6.45, 7) is 6.66. The molecule has 0 aliphatic heterocycles. The highest BCUT2D eigenvalue weighted by Gasteiger charge is 2.33. The van der Waals surface area contributed by atoms with Gasteiger partial charge in [0.2, 0.25) is 10.0 Å². The zero-order valence-corrected chi connectivity index (χ0v) is 12.6. The fourth-order valence-electron chi connectivity index (χ4n) is 1.86. The number of sulfonamides is 1. The summed E-state index contributed by atoms with van der Waals surface area (Å²) in [5, 5.41) is 0. The first-order valence-corrected chi connectivity index (χ1v) is 8.46. The summed E-state index contributed by atoms with van der Waals surface area (Å²) in [4.78, 5) is 0. The second-order valence-electron chi connectivity index (χ2n) is 6.01. The minimum absolute atomic E-state index is 0.0549. The Morgan fingerprint density at radius 3 is 2.24 bits per heavy atom. The van der Waals surface area contributed by atoms with Crippen LogP contribution < -0.4 is 0 Å². The summed E-state index contributed by atoms with van der Waals surface area (Å²) < 4.78 is 26.2. The fraction of sp³-hybridized carbons (Fsp3) is 1.00. The zero-order chi connectivity index (χ0) is 13.1. The smallest absolute Gasteiger partial charge is 0.212 e. The van der Waals surface area contributed by atoms with Gasteiger partial charge in [-0.3, -0.25) is 0 Å². The molecule has 0 unspecified atom stereocenters. The predicted octanol–water partition coefficient (Wildman–Crippen LogP) is 2.85. The van der Waals surface area contributed by atoms with E-state index in [1.54, 1.807) is 4.31 Å². The summed E-state index contributed by atoms with van der Waals surface area (Å²) in [5.41, 5.74) is 0.0549. The van der Waals surface area contributed by atoms with Crippen molar-refractivity contribution in [3.05, 3.63) is 0 Å². The predicted molar refractivity (Wildman–Crippen MR) is 72.9 cm³/mol. The van der Waals surface area contributed by atoms with Crippen molar-refractivity contribution in [1.29, 1.82) is 0 Å². The van der Waals surface area contributed by atoms with Gasteiger partial charge in [-0.2, -0.15) is 4.31 Å². The van der Waals surface area contributed by atoms with E-state index in [0.29, 0.717) is 18.8 Å². The van der Waals surface area contributed by atoms with Gasteiger partial charge in [0.1, 0.15) is 0 Å². The van der Waals surface area contributed by atoms with Crippen molar-refractivity contribution in [2.45, 2.75) is 52.5 Å².